The molecule has 21 aromatic carbocycles. The molecule has 356 valence electrons. The van der Waals surface area contributed by atoms with E-state index in [1.165, 1.54) is 113 Å². The molecule has 1 saturated carbocycles. The van der Waals surface area contributed by atoms with Gasteiger partial charge in [-0.25, -0.2) is 0 Å². The van der Waals surface area contributed by atoms with Crippen molar-refractivity contribution < 1.29 is 0 Å². The number of anilines is 6. The van der Waals surface area contributed by atoms with Crippen molar-refractivity contribution in [1.29, 1.82) is 0 Å². The van der Waals surface area contributed by atoms with Crippen molar-refractivity contribution in [3.8, 4) is 0 Å². The maximum absolute atomic E-state index is 2.59. The smallest absolute Gasteiger partial charge is 0.0461 e. The average Bonchev–Trinajstić information content (AvgIpc) is 1.52. The lowest BCUT2D eigenvalue weighted by Gasteiger charge is -2.28. The molecule has 1 fully saturated rings. The SMILES string of the molecule is c1ccc(N(c2ccccc2)c2ccc(C3(c4ccc(N(c5ccccc5)c5ccccc5)cc4)C4c5c6ccc7c8ccc9c%10ccc%11c%12ccc%13c(c%14c5c5c6c7c6c8c9c7c%10c%11c8c%12c%13c%14c9c5c6c7c89)C43)cc2)cc1. The third kappa shape index (κ3) is 3.78. The van der Waals surface area contributed by atoms with Crippen molar-refractivity contribution in [3.63, 3.8) is 0 Å². The summed E-state index contributed by atoms with van der Waals surface area (Å²) in [5.41, 5.74) is 12.4. The maximum Gasteiger partial charge on any atom is 0.0461 e. The highest BCUT2D eigenvalue weighted by Gasteiger charge is 2.70. The van der Waals surface area contributed by atoms with E-state index in [1.54, 1.807) is 59.6 Å². The Labute approximate surface area is 450 Å². The lowest BCUT2D eigenvalue weighted by Crippen LogP contribution is -2.15. The summed E-state index contributed by atoms with van der Waals surface area (Å²) < 4.78 is 0. The second-order valence-electron chi connectivity index (χ2n) is 23.9. The van der Waals surface area contributed by atoms with E-state index >= 15 is 0 Å². The molecule has 0 aliphatic heterocycles. The Morgan fingerprint density at radius 2 is 0.405 bits per heavy atom. The Bertz CT molecular complexity index is 5540. The van der Waals surface area contributed by atoms with Gasteiger partial charge in [0.25, 0.3) is 0 Å². The fourth-order valence-electron chi connectivity index (χ4n) is 18.8. The van der Waals surface area contributed by atoms with Crippen LogP contribution in [0.1, 0.15) is 34.1 Å². The lowest BCUT2D eigenvalue weighted by atomic mass is 9.82. The van der Waals surface area contributed by atoms with E-state index in [9.17, 15) is 0 Å². The van der Waals surface area contributed by atoms with Crippen molar-refractivity contribution in [1.82, 2.24) is 0 Å². The fourth-order valence-corrected chi connectivity index (χ4v) is 18.8. The highest BCUT2D eigenvalue weighted by molar-refractivity contribution is 6.69. The van der Waals surface area contributed by atoms with Gasteiger partial charge < -0.3 is 9.80 Å². The minimum absolute atomic E-state index is 0.201. The van der Waals surface area contributed by atoms with E-state index in [0.717, 1.165) is 34.1 Å². The zero-order valence-corrected chi connectivity index (χ0v) is 42.3. The van der Waals surface area contributed by atoms with Gasteiger partial charge in [-0.2, -0.15) is 0 Å². The van der Waals surface area contributed by atoms with Gasteiger partial charge in [-0.3, -0.25) is 0 Å². The molecule has 0 saturated heterocycles. The molecule has 0 radical (unpaired) electrons. The highest BCUT2D eigenvalue weighted by Crippen LogP contribution is 2.81. The standard InChI is InChI=1S/C77H38N2/c1-5-13-39(14-6-1)78(40-15-7-2-8-16-40)43-25-21-37(22-26-43)77(38-23-27-44(28-24-38)79(41-17-9-3-10-18-41)42-19-11-4-12-20-42)75-61-51-35-33-49-47-31-29-45-46-30-32-48-50-34-36-52-60-58(50)65-56(48)54(46)63-53(45)55(47)64-57(49)59(51)66-68(61)69(62(52)76(75)77)67(60)74-72(65)70(63)71(64)73(66)74/h1-36,75-76H. The van der Waals surface area contributed by atoms with Gasteiger partial charge in [0.15, 0.2) is 0 Å². The van der Waals surface area contributed by atoms with Crippen LogP contribution < -0.4 is 9.80 Å². The van der Waals surface area contributed by atoms with Crippen LogP contribution in [0.25, 0.3) is 151 Å². The van der Waals surface area contributed by atoms with Crippen molar-refractivity contribution in [2.45, 2.75) is 17.3 Å². The van der Waals surface area contributed by atoms with Crippen LogP contribution in [0.3, 0.4) is 0 Å². The first kappa shape index (κ1) is 38.5. The molecule has 2 atom stereocenters. The molecular formula is C77H38N2. The molecule has 2 heteroatoms. The van der Waals surface area contributed by atoms with Gasteiger partial charge in [0.2, 0.25) is 0 Å². The van der Waals surface area contributed by atoms with Crippen LogP contribution in [0, 0.1) is 0 Å². The van der Waals surface area contributed by atoms with E-state index < -0.39 is 0 Å². The zero-order chi connectivity index (χ0) is 50.2. The van der Waals surface area contributed by atoms with Gasteiger partial charge in [0.1, 0.15) is 0 Å². The molecule has 21 aromatic rings. The third-order valence-corrected chi connectivity index (χ3v) is 21.2. The normalized spacial score (nSPS) is 16.7. The molecule has 0 bridgehead atoms. The summed E-state index contributed by atoms with van der Waals surface area (Å²) in [6, 6.07) is 83.4. The van der Waals surface area contributed by atoms with E-state index in [1.807, 2.05) is 0 Å². The van der Waals surface area contributed by atoms with Crippen LogP contribution in [0.5, 0.6) is 0 Å². The summed E-state index contributed by atoms with van der Waals surface area (Å²) in [5, 5.41) is 42.2. The molecule has 2 aliphatic carbocycles. The Kier molecular flexibility index (Phi) is 5.96. The van der Waals surface area contributed by atoms with Crippen LogP contribution in [-0.4, -0.2) is 0 Å². The summed E-state index contributed by atoms with van der Waals surface area (Å²) in [6.07, 6.45) is 0. The number of benzene rings is 15. The molecule has 23 rings (SSSR count). The number of fused-ring (bicyclic) bond motifs is 8. The van der Waals surface area contributed by atoms with E-state index in [-0.39, 0.29) is 17.3 Å². The van der Waals surface area contributed by atoms with Gasteiger partial charge in [0, 0.05) is 51.4 Å². The number of hydrogen-bond acceptors (Lipinski definition) is 2. The van der Waals surface area contributed by atoms with Crippen molar-refractivity contribution in [3.05, 3.63) is 241 Å². The van der Waals surface area contributed by atoms with Crippen LogP contribution in [0.15, 0.2) is 218 Å². The second-order valence-corrected chi connectivity index (χ2v) is 23.9. The Balaban J connectivity index is 0.872. The zero-order valence-electron chi connectivity index (χ0n) is 42.3. The van der Waals surface area contributed by atoms with E-state index in [0.29, 0.717) is 0 Å². The lowest BCUT2D eigenvalue weighted by molar-refractivity contribution is 0.790. The predicted octanol–water partition coefficient (Wildman–Crippen LogP) is 21.2. The minimum Gasteiger partial charge on any atom is -0.311 e. The summed E-state index contributed by atoms with van der Waals surface area (Å²) in [5.74, 6) is 0.403. The van der Waals surface area contributed by atoms with Gasteiger partial charge in [-0.1, -0.05) is 146 Å². The van der Waals surface area contributed by atoms with E-state index in [2.05, 4.69) is 228 Å². The topological polar surface area (TPSA) is 6.48 Å². The van der Waals surface area contributed by atoms with E-state index in [4.69, 9.17) is 0 Å². The van der Waals surface area contributed by atoms with Gasteiger partial charge in [0.05, 0.1) is 0 Å². The molecule has 2 nitrogen and oxygen atoms in total. The molecule has 2 unspecified atom stereocenters. The maximum atomic E-state index is 2.59. The van der Waals surface area contributed by atoms with Gasteiger partial charge in [-0.05, 0) is 246 Å². The van der Waals surface area contributed by atoms with Crippen molar-refractivity contribution in [2.24, 2.45) is 0 Å². The Hall–Kier alpha value is -10.0. The molecule has 0 aromatic heterocycles. The average molecular weight is 991 g/mol. The largest absolute Gasteiger partial charge is 0.311 e. The molecule has 0 spiro atoms. The molecule has 79 heavy (non-hydrogen) atoms. The third-order valence-electron chi connectivity index (χ3n) is 21.2. The Morgan fingerprint density at radius 1 is 0.190 bits per heavy atom. The number of para-hydroxylation sites is 4. The van der Waals surface area contributed by atoms with Crippen molar-refractivity contribution >= 4 is 185 Å². The van der Waals surface area contributed by atoms with Crippen LogP contribution in [0.4, 0.5) is 34.1 Å². The monoisotopic (exact) mass is 990 g/mol. The summed E-state index contributed by atoms with van der Waals surface area (Å²) >= 11 is 0. The predicted molar refractivity (Wildman–Crippen MR) is 334 cm³/mol. The highest BCUT2D eigenvalue weighted by atomic mass is 15.1. The minimum atomic E-state index is -0.380. The molecule has 2 aliphatic rings. The number of hydrogen-bond donors (Lipinski definition) is 0. The fraction of sp³-hybridized carbons (Fsp3) is 0.0390. The number of rotatable bonds is 8. The summed E-state index contributed by atoms with van der Waals surface area (Å²) in [4.78, 5) is 4.82. The summed E-state index contributed by atoms with van der Waals surface area (Å²) in [7, 11) is 0. The molecular weight excluding hydrogens is 953 g/mol. The van der Waals surface area contributed by atoms with Gasteiger partial charge in [-0.15, -0.1) is 0 Å². The first-order chi connectivity index (χ1) is 39.3. The molecule has 0 N–H and O–H groups in total. The second kappa shape index (κ2) is 12.2. The van der Waals surface area contributed by atoms with Crippen LogP contribution in [0.2, 0.25) is 0 Å². The number of nitrogens with zero attached hydrogens (tertiary/aromatic N) is 2. The first-order valence-electron chi connectivity index (χ1n) is 28.3. The Morgan fingerprint density at radius 3 is 0.684 bits per heavy atom. The van der Waals surface area contributed by atoms with Crippen molar-refractivity contribution in [2.75, 3.05) is 9.80 Å². The van der Waals surface area contributed by atoms with Crippen LogP contribution in [-0.2, 0) is 5.41 Å². The quantitative estimate of drug-likeness (QED) is 0.140. The molecule has 0 amide bonds. The first-order valence-corrected chi connectivity index (χ1v) is 28.3. The van der Waals surface area contributed by atoms with Gasteiger partial charge >= 0.3 is 0 Å². The van der Waals surface area contributed by atoms with Crippen LogP contribution >= 0.6 is 0 Å². The summed E-state index contributed by atoms with van der Waals surface area (Å²) in [6.45, 7) is 0. The molecule has 0 heterocycles.